The molecule has 1 N–H and O–H groups in total. The lowest BCUT2D eigenvalue weighted by Gasteiger charge is -2.26. The SMILES string of the molecule is CC1Nc2ccc(Cl)cc2-n2cccc21. The van der Waals surface area contributed by atoms with Crippen molar-refractivity contribution in [2.75, 3.05) is 5.32 Å². The highest BCUT2D eigenvalue weighted by Crippen LogP contribution is 2.34. The maximum absolute atomic E-state index is 6.01. The first-order chi connectivity index (χ1) is 7.25. The normalized spacial score (nSPS) is 17.9. The number of anilines is 1. The summed E-state index contributed by atoms with van der Waals surface area (Å²) in [6.45, 7) is 2.16. The maximum Gasteiger partial charge on any atom is 0.0700 e. The topological polar surface area (TPSA) is 17.0 Å². The minimum absolute atomic E-state index is 0.341. The highest BCUT2D eigenvalue weighted by Gasteiger charge is 2.19. The molecule has 0 saturated heterocycles. The molecule has 1 aliphatic rings. The van der Waals surface area contributed by atoms with Gasteiger partial charge in [0.05, 0.1) is 17.4 Å². The first-order valence-electron chi connectivity index (χ1n) is 4.99. The van der Waals surface area contributed by atoms with Crippen LogP contribution in [0.5, 0.6) is 0 Å². The van der Waals surface area contributed by atoms with E-state index in [1.54, 1.807) is 0 Å². The first kappa shape index (κ1) is 8.86. The van der Waals surface area contributed by atoms with Crippen molar-refractivity contribution in [2.24, 2.45) is 0 Å². The molecule has 3 heteroatoms. The van der Waals surface area contributed by atoms with Crippen LogP contribution in [0.1, 0.15) is 18.7 Å². The molecule has 2 aromatic rings. The van der Waals surface area contributed by atoms with E-state index in [-0.39, 0.29) is 0 Å². The molecule has 1 aromatic heterocycles. The summed E-state index contributed by atoms with van der Waals surface area (Å²) in [5, 5.41) is 4.22. The third kappa shape index (κ3) is 1.25. The molecule has 3 rings (SSSR count). The van der Waals surface area contributed by atoms with Crippen LogP contribution in [0.4, 0.5) is 5.69 Å². The van der Waals surface area contributed by atoms with Crippen molar-refractivity contribution < 1.29 is 0 Å². The van der Waals surface area contributed by atoms with Crippen LogP contribution in [0.3, 0.4) is 0 Å². The van der Waals surface area contributed by atoms with E-state index >= 15 is 0 Å². The Morgan fingerprint density at radius 2 is 2.20 bits per heavy atom. The van der Waals surface area contributed by atoms with Crippen molar-refractivity contribution in [3.05, 3.63) is 47.2 Å². The van der Waals surface area contributed by atoms with Crippen LogP contribution in [-0.4, -0.2) is 4.57 Å². The third-order valence-corrected chi connectivity index (χ3v) is 3.05. The van der Waals surface area contributed by atoms with Gasteiger partial charge in [-0.05, 0) is 37.3 Å². The first-order valence-corrected chi connectivity index (χ1v) is 5.37. The van der Waals surface area contributed by atoms with Gasteiger partial charge in [0, 0.05) is 16.9 Å². The molecule has 0 saturated carbocycles. The van der Waals surface area contributed by atoms with Gasteiger partial charge in [-0.2, -0.15) is 0 Å². The molecule has 76 valence electrons. The van der Waals surface area contributed by atoms with Crippen molar-refractivity contribution in [1.82, 2.24) is 4.57 Å². The van der Waals surface area contributed by atoms with Crippen molar-refractivity contribution in [2.45, 2.75) is 13.0 Å². The second-order valence-electron chi connectivity index (χ2n) is 3.83. The maximum atomic E-state index is 6.01. The third-order valence-electron chi connectivity index (χ3n) is 2.82. The average molecular weight is 219 g/mol. The molecule has 0 radical (unpaired) electrons. The summed E-state index contributed by atoms with van der Waals surface area (Å²) in [6, 6.07) is 10.4. The number of nitrogens with zero attached hydrogens (tertiary/aromatic N) is 1. The summed E-state index contributed by atoms with van der Waals surface area (Å²) in [5.41, 5.74) is 3.53. The predicted octanol–water partition coefficient (Wildman–Crippen LogP) is 3.62. The Labute approximate surface area is 93.5 Å². The van der Waals surface area contributed by atoms with Crippen molar-refractivity contribution in [1.29, 1.82) is 0 Å². The van der Waals surface area contributed by atoms with E-state index in [0.29, 0.717) is 6.04 Å². The van der Waals surface area contributed by atoms with Gasteiger partial charge in [-0.1, -0.05) is 11.6 Å². The van der Waals surface area contributed by atoms with E-state index in [4.69, 9.17) is 11.6 Å². The van der Waals surface area contributed by atoms with Crippen molar-refractivity contribution >= 4 is 17.3 Å². The second-order valence-corrected chi connectivity index (χ2v) is 4.27. The van der Waals surface area contributed by atoms with E-state index in [1.807, 2.05) is 18.2 Å². The molecule has 0 spiro atoms. The molecule has 1 aromatic carbocycles. The average Bonchev–Trinajstić information content (AvgIpc) is 2.69. The van der Waals surface area contributed by atoms with Gasteiger partial charge < -0.3 is 9.88 Å². The van der Waals surface area contributed by atoms with Gasteiger partial charge in [0.25, 0.3) is 0 Å². The summed E-state index contributed by atoms with van der Waals surface area (Å²) in [6.07, 6.45) is 2.07. The van der Waals surface area contributed by atoms with E-state index < -0.39 is 0 Å². The molecule has 0 bridgehead atoms. The van der Waals surface area contributed by atoms with Crippen molar-refractivity contribution in [3.8, 4) is 5.69 Å². The lowest BCUT2D eigenvalue weighted by Crippen LogP contribution is -2.18. The Balaban J connectivity index is 2.28. The minimum Gasteiger partial charge on any atom is -0.375 e. The molecule has 1 atom stereocenters. The molecule has 1 unspecified atom stereocenters. The van der Waals surface area contributed by atoms with Crippen LogP contribution >= 0.6 is 11.6 Å². The van der Waals surface area contributed by atoms with E-state index in [2.05, 4.69) is 35.1 Å². The highest BCUT2D eigenvalue weighted by atomic mass is 35.5. The Kier molecular flexibility index (Phi) is 1.80. The Bertz CT molecular complexity index is 516. The van der Waals surface area contributed by atoms with Gasteiger partial charge in [0.1, 0.15) is 0 Å². The summed E-state index contributed by atoms with van der Waals surface area (Å²) in [4.78, 5) is 0. The molecule has 0 aliphatic carbocycles. The van der Waals surface area contributed by atoms with Crippen LogP contribution in [-0.2, 0) is 0 Å². The number of fused-ring (bicyclic) bond motifs is 3. The van der Waals surface area contributed by atoms with Crippen LogP contribution in [0, 0.1) is 0 Å². The summed E-state index contributed by atoms with van der Waals surface area (Å²) in [5.74, 6) is 0. The predicted molar refractivity (Wildman–Crippen MR) is 62.8 cm³/mol. The quantitative estimate of drug-likeness (QED) is 0.715. The van der Waals surface area contributed by atoms with E-state index in [0.717, 1.165) is 16.4 Å². The van der Waals surface area contributed by atoms with Crippen molar-refractivity contribution in [3.63, 3.8) is 0 Å². The number of rotatable bonds is 0. The fourth-order valence-corrected chi connectivity index (χ4v) is 2.27. The fourth-order valence-electron chi connectivity index (χ4n) is 2.10. The van der Waals surface area contributed by atoms with Crippen LogP contribution < -0.4 is 5.32 Å². The van der Waals surface area contributed by atoms with Gasteiger partial charge in [0.2, 0.25) is 0 Å². The van der Waals surface area contributed by atoms with Crippen LogP contribution in [0.15, 0.2) is 36.5 Å². The van der Waals surface area contributed by atoms with E-state index in [1.165, 1.54) is 5.69 Å². The summed E-state index contributed by atoms with van der Waals surface area (Å²) >= 11 is 6.01. The molecule has 0 amide bonds. The van der Waals surface area contributed by atoms with Crippen LogP contribution in [0.2, 0.25) is 5.02 Å². The number of benzene rings is 1. The highest BCUT2D eigenvalue weighted by molar-refractivity contribution is 6.30. The molecule has 2 nitrogen and oxygen atoms in total. The van der Waals surface area contributed by atoms with Gasteiger partial charge in [-0.25, -0.2) is 0 Å². The zero-order valence-electron chi connectivity index (χ0n) is 8.37. The largest absolute Gasteiger partial charge is 0.375 e. The molecular weight excluding hydrogens is 208 g/mol. The lowest BCUT2D eigenvalue weighted by molar-refractivity contribution is 0.774. The molecular formula is C12H11ClN2. The molecule has 1 aliphatic heterocycles. The molecule has 15 heavy (non-hydrogen) atoms. The Morgan fingerprint density at radius 3 is 3.07 bits per heavy atom. The summed E-state index contributed by atoms with van der Waals surface area (Å²) in [7, 11) is 0. The van der Waals surface area contributed by atoms with Gasteiger partial charge in [-0.3, -0.25) is 0 Å². The zero-order chi connectivity index (χ0) is 10.4. The standard InChI is InChI=1S/C12H11ClN2/c1-8-11-3-2-6-15(11)12-7-9(13)4-5-10(12)14-8/h2-8,14H,1H3. The van der Waals surface area contributed by atoms with E-state index in [9.17, 15) is 0 Å². The number of hydrogen-bond acceptors (Lipinski definition) is 1. The second kappa shape index (κ2) is 3.04. The van der Waals surface area contributed by atoms with Gasteiger partial charge >= 0.3 is 0 Å². The van der Waals surface area contributed by atoms with Crippen LogP contribution in [0.25, 0.3) is 5.69 Å². The molecule has 2 heterocycles. The smallest absolute Gasteiger partial charge is 0.0700 e. The lowest BCUT2D eigenvalue weighted by atomic mass is 10.1. The molecule has 0 fully saturated rings. The Hall–Kier alpha value is -1.41. The van der Waals surface area contributed by atoms with Gasteiger partial charge in [0.15, 0.2) is 0 Å². The minimum atomic E-state index is 0.341. The zero-order valence-corrected chi connectivity index (χ0v) is 9.12. The van der Waals surface area contributed by atoms with Gasteiger partial charge in [-0.15, -0.1) is 0 Å². The Morgan fingerprint density at radius 1 is 1.33 bits per heavy atom. The number of hydrogen-bond donors (Lipinski definition) is 1. The summed E-state index contributed by atoms with van der Waals surface area (Å²) < 4.78 is 2.18. The number of nitrogens with one attached hydrogen (secondary N) is 1. The number of halogens is 1. The monoisotopic (exact) mass is 218 g/mol. The fraction of sp³-hybridized carbons (Fsp3) is 0.167. The number of aromatic nitrogens is 1.